The van der Waals surface area contributed by atoms with E-state index in [1.54, 1.807) is 0 Å². The van der Waals surface area contributed by atoms with Gasteiger partial charge >= 0.3 is 0 Å². The van der Waals surface area contributed by atoms with Gasteiger partial charge in [0.05, 0.1) is 0 Å². The summed E-state index contributed by atoms with van der Waals surface area (Å²) in [4.78, 5) is 2.89. The summed E-state index contributed by atoms with van der Waals surface area (Å²) in [6.07, 6.45) is -0.136. The Morgan fingerprint density at radius 3 is 2.42 bits per heavy atom. The Morgan fingerprint density at radius 1 is 1.05 bits per heavy atom. The van der Waals surface area contributed by atoms with Gasteiger partial charge in [-0.15, -0.1) is 0 Å². The first-order valence-electron chi connectivity index (χ1n) is 6.00. The molecule has 3 rings (SSSR count). The van der Waals surface area contributed by atoms with Gasteiger partial charge in [0.2, 0.25) is 0 Å². The zero-order valence-corrected chi connectivity index (χ0v) is 12.5. The zero-order valence-electron chi connectivity index (χ0n) is 10.1. The number of hydrogen-bond donors (Lipinski definition) is 0. The number of ether oxygens (including phenoxy) is 1. The number of rotatable bonds is 2. The third-order valence-corrected chi connectivity index (χ3v) is 3.90. The first-order chi connectivity index (χ1) is 9.25. The largest absolute Gasteiger partial charge is 0.347 e. The Bertz CT molecular complexity index is 585. The molecule has 1 heterocycles. The molecule has 19 heavy (non-hydrogen) atoms. The molecule has 1 atom stereocenters. The van der Waals surface area contributed by atoms with Crippen LogP contribution in [0, 0.1) is 0 Å². The van der Waals surface area contributed by atoms with E-state index in [1.807, 2.05) is 42.5 Å². The van der Waals surface area contributed by atoms with Gasteiger partial charge in [-0.3, -0.25) is 0 Å². The molecule has 0 aromatic heterocycles. The highest BCUT2D eigenvalue weighted by Gasteiger charge is 2.31. The number of para-hydroxylation sites is 1. The Labute approximate surface area is 126 Å². The van der Waals surface area contributed by atoms with Gasteiger partial charge in [-0.1, -0.05) is 58.5 Å². The van der Waals surface area contributed by atoms with Crippen molar-refractivity contribution in [1.29, 1.82) is 0 Å². The Hall–Kier alpha value is -1.23. The highest BCUT2D eigenvalue weighted by atomic mass is 79.9. The summed E-state index contributed by atoms with van der Waals surface area (Å²) in [6, 6.07) is 18.3. The SMILES string of the molecule is S=C1CO[C@H](c2ccc(Br)cc2)N1c1ccccc1. The van der Waals surface area contributed by atoms with Crippen molar-refractivity contribution < 1.29 is 4.74 Å². The van der Waals surface area contributed by atoms with Crippen molar-refractivity contribution in [3.63, 3.8) is 0 Å². The summed E-state index contributed by atoms with van der Waals surface area (Å²) in [6.45, 7) is 0.491. The molecular weight excluding hydrogens is 322 g/mol. The van der Waals surface area contributed by atoms with E-state index in [2.05, 4.69) is 33.0 Å². The van der Waals surface area contributed by atoms with Crippen LogP contribution in [0.5, 0.6) is 0 Å². The molecule has 2 nitrogen and oxygen atoms in total. The molecule has 0 radical (unpaired) electrons. The summed E-state index contributed by atoms with van der Waals surface area (Å²) in [5.74, 6) is 0. The molecule has 2 aromatic rings. The van der Waals surface area contributed by atoms with Crippen molar-refractivity contribution in [3.8, 4) is 0 Å². The van der Waals surface area contributed by atoms with Crippen molar-refractivity contribution in [2.45, 2.75) is 6.23 Å². The topological polar surface area (TPSA) is 12.5 Å². The normalized spacial score (nSPS) is 18.9. The minimum atomic E-state index is -0.136. The lowest BCUT2D eigenvalue weighted by molar-refractivity contribution is 0.117. The lowest BCUT2D eigenvalue weighted by Gasteiger charge is -2.25. The summed E-state index contributed by atoms with van der Waals surface area (Å²) in [5, 5.41) is 0. The predicted molar refractivity (Wildman–Crippen MR) is 84.4 cm³/mol. The number of anilines is 1. The van der Waals surface area contributed by atoms with Crippen LogP contribution < -0.4 is 4.90 Å². The Balaban J connectivity index is 1.97. The van der Waals surface area contributed by atoms with Crippen LogP contribution in [0.25, 0.3) is 0 Å². The minimum Gasteiger partial charge on any atom is -0.347 e. The first-order valence-corrected chi connectivity index (χ1v) is 7.20. The van der Waals surface area contributed by atoms with E-state index in [0.29, 0.717) is 6.61 Å². The molecule has 96 valence electrons. The second-order valence-corrected chi connectivity index (χ2v) is 5.70. The fourth-order valence-corrected chi connectivity index (χ4v) is 2.70. The average Bonchev–Trinajstić information content (AvgIpc) is 2.82. The molecule has 1 aliphatic rings. The third-order valence-electron chi connectivity index (χ3n) is 3.06. The maximum absolute atomic E-state index is 5.83. The lowest BCUT2D eigenvalue weighted by Crippen LogP contribution is -2.26. The molecule has 0 bridgehead atoms. The van der Waals surface area contributed by atoms with Crippen LogP contribution in [0.4, 0.5) is 5.69 Å². The summed E-state index contributed by atoms with van der Waals surface area (Å²) in [7, 11) is 0. The van der Waals surface area contributed by atoms with Crippen LogP contribution in [0.1, 0.15) is 11.8 Å². The number of hydrogen-bond acceptors (Lipinski definition) is 2. The van der Waals surface area contributed by atoms with Gasteiger partial charge in [-0.05, 0) is 24.3 Å². The summed E-state index contributed by atoms with van der Waals surface area (Å²) >= 11 is 8.86. The van der Waals surface area contributed by atoms with Gasteiger partial charge in [-0.25, -0.2) is 0 Å². The highest BCUT2D eigenvalue weighted by Crippen LogP contribution is 2.33. The van der Waals surface area contributed by atoms with E-state index in [4.69, 9.17) is 17.0 Å². The molecule has 4 heteroatoms. The predicted octanol–water partition coefficient (Wildman–Crippen LogP) is 4.31. The van der Waals surface area contributed by atoms with Gasteiger partial charge < -0.3 is 9.64 Å². The van der Waals surface area contributed by atoms with E-state index < -0.39 is 0 Å². The Morgan fingerprint density at radius 2 is 1.74 bits per heavy atom. The molecule has 1 aliphatic heterocycles. The van der Waals surface area contributed by atoms with Gasteiger partial charge in [0.1, 0.15) is 11.6 Å². The molecule has 0 N–H and O–H groups in total. The number of thiocarbonyl (C=S) groups is 1. The van der Waals surface area contributed by atoms with Gasteiger partial charge in [0, 0.05) is 15.7 Å². The van der Waals surface area contributed by atoms with Crippen LogP contribution in [-0.4, -0.2) is 11.6 Å². The third kappa shape index (κ3) is 2.56. The summed E-state index contributed by atoms with van der Waals surface area (Å²) < 4.78 is 6.89. The Kier molecular flexibility index (Phi) is 3.64. The van der Waals surface area contributed by atoms with Crippen molar-refractivity contribution >= 4 is 38.8 Å². The highest BCUT2D eigenvalue weighted by molar-refractivity contribution is 9.10. The lowest BCUT2D eigenvalue weighted by atomic mass is 10.1. The second kappa shape index (κ2) is 5.41. The fraction of sp³-hybridized carbons (Fsp3) is 0.133. The molecule has 1 fully saturated rings. The molecule has 0 amide bonds. The van der Waals surface area contributed by atoms with Crippen molar-refractivity contribution in [3.05, 3.63) is 64.6 Å². The molecule has 1 saturated heterocycles. The van der Waals surface area contributed by atoms with Gasteiger partial charge in [0.15, 0.2) is 6.23 Å². The van der Waals surface area contributed by atoms with Crippen LogP contribution >= 0.6 is 28.1 Å². The first kappa shape index (κ1) is 12.8. The van der Waals surface area contributed by atoms with Crippen LogP contribution in [0.3, 0.4) is 0 Å². The van der Waals surface area contributed by atoms with E-state index in [-0.39, 0.29) is 6.23 Å². The fourth-order valence-electron chi connectivity index (χ4n) is 2.17. The second-order valence-electron chi connectivity index (χ2n) is 4.31. The summed E-state index contributed by atoms with van der Waals surface area (Å²) in [5.41, 5.74) is 2.17. The van der Waals surface area contributed by atoms with Crippen LogP contribution in [0.15, 0.2) is 59.1 Å². The maximum Gasteiger partial charge on any atom is 0.161 e. The van der Waals surface area contributed by atoms with Crippen LogP contribution in [-0.2, 0) is 4.74 Å². The molecule has 0 spiro atoms. The van der Waals surface area contributed by atoms with Gasteiger partial charge in [0.25, 0.3) is 0 Å². The van der Waals surface area contributed by atoms with Gasteiger partial charge in [-0.2, -0.15) is 0 Å². The average molecular weight is 334 g/mol. The smallest absolute Gasteiger partial charge is 0.161 e. The van der Waals surface area contributed by atoms with E-state index in [0.717, 1.165) is 20.7 Å². The number of benzene rings is 2. The van der Waals surface area contributed by atoms with E-state index >= 15 is 0 Å². The standard InChI is InChI=1S/C15H12BrNOS/c16-12-8-6-11(7-9-12)15-17(14(19)10-18-15)13-4-2-1-3-5-13/h1-9,15H,10H2/t15-/m1/s1. The zero-order chi connectivity index (χ0) is 13.2. The van der Waals surface area contributed by atoms with E-state index in [9.17, 15) is 0 Å². The minimum absolute atomic E-state index is 0.136. The molecule has 2 aromatic carbocycles. The molecular formula is C15H12BrNOS. The maximum atomic E-state index is 5.83. The monoisotopic (exact) mass is 333 g/mol. The quantitative estimate of drug-likeness (QED) is 0.760. The number of halogens is 1. The van der Waals surface area contributed by atoms with Crippen molar-refractivity contribution in [2.24, 2.45) is 0 Å². The molecule has 0 saturated carbocycles. The number of nitrogens with zero attached hydrogens (tertiary/aromatic N) is 1. The van der Waals surface area contributed by atoms with Crippen molar-refractivity contribution in [2.75, 3.05) is 11.5 Å². The van der Waals surface area contributed by atoms with E-state index in [1.165, 1.54) is 0 Å². The van der Waals surface area contributed by atoms with Crippen LogP contribution in [0.2, 0.25) is 0 Å². The van der Waals surface area contributed by atoms with Crippen molar-refractivity contribution in [1.82, 2.24) is 0 Å². The molecule has 0 aliphatic carbocycles. The molecule has 0 unspecified atom stereocenters.